The minimum atomic E-state index is -1.13. The summed E-state index contributed by atoms with van der Waals surface area (Å²) in [5, 5.41) is 17.9. The van der Waals surface area contributed by atoms with Gasteiger partial charge in [-0.1, -0.05) is 19.1 Å². The zero-order valence-electron chi connectivity index (χ0n) is 12.9. The van der Waals surface area contributed by atoms with Crippen LogP contribution in [0.25, 0.3) is 0 Å². The number of aliphatic carboxylic acids is 1. The molecule has 0 aromatic rings. The van der Waals surface area contributed by atoms with Gasteiger partial charge in [-0.3, -0.25) is 14.4 Å². The van der Waals surface area contributed by atoms with Gasteiger partial charge >= 0.3 is 11.9 Å². The molecule has 0 radical (unpaired) electrons. The van der Waals surface area contributed by atoms with Crippen LogP contribution in [0, 0.1) is 17.8 Å². The lowest BCUT2D eigenvalue weighted by Crippen LogP contribution is -2.42. The van der Waals surface area contributed by atoms with Gasteiger partial charge in [0.1, 0.15) is 18.6 Å². The molecule has 0 aromatic heterocycles. The number of esters is 1. The predicted molar refractivity (Wildman–Crippen MR) is 77.3 cm³/mol. The summed E-state index contributed by atoms with van der Waals surface area (Å²) < 4.78 is 14.8. The van der Waals surface area contributed by atoms with Gasteiger partial charge in [0.15, 0.2) is 0 Å². The van der Waals surface area contributed by atoms with Crippen molar-refractivity contribution < 1.29 is 38.8 Å². The number of hydrogen-bond acceptors (Lipinski definition) is 7. The zero-order chi connectivity index (χ0) is 17.2. The summed E-state index contributed by atoms with van der Waals surface area (Å²) in [6.07, 6.45) is 2.44. The van der Waals surface area contributed by atoms with Crippen molar-refractivity contribution in [2.24, 2.45) is 17.8 Å². The van der Waals surface area contributed by atoms with Gasteiger partial charge in [0.2, 0.25) is 0 Å². The first kappa shape index (κ1) is 19.1. The molecular formula is C15H22O8. The number of carboxylic acid groups (broad SMARTS) is 1. The molecule has 8 heteroatoms. The monoisotopic (exact) mass is 330 g/mol. The van der Waals surface area contributed by atoms with Crippen LogP contribution in [0.4, 0.5) is 0 Å². The fraction of sp³-hybridized carbons (Fsp3) is 0.667. The Morgan fingerprint density at radius 3 is 2.57 bits per heavy atom. The van der Waals surface area contributed by atoms with Crippen molar-refractivity contribution in [3.63, 3.8) is 0 Å². The van der Waals surface area contributed by atoms with Crippen LogP contribution in [-0.4, -0.2) is 61.2 Å². The van der Waals surface area contributed by atoms with Crippen molar-refractivity contribution in [1.82, 2.24) is 0 Å². The van der Waals surface area contributed by atoms with Crippen molar-refractivity contribution in [3.8, 4) is 0 Å². The molecule has 1 aliphatic carbocycles. The minimum Gasteiger partial charge on any atom is -0.481 e. The fourth-order valence-electron chi connectivity index (χ4n) is 2.54. The van der Waals surface area contributed by atoms with E-state index in [1.165, 1.54) is 0 Å². The molecule has 0 aliphatic heterocycles. The van der Waals surface area contributed by atoms with E-state index in [4.69, 9.17) is 19.3 Å². The van der Waals surface area contributed by atoms with Gasteiger partial charge in [0, 0.05) is 11.8 Å². The van der Waals surface area contributed by atoms with Gasteiger partial charge in [0.05, 0.1) is 26.2 Å². The second-order valence-electron chi connectivity index (χ2n) is 5.23. The Balaban J connectivity index is 2.58. The molecule has 4 unspecified atom stereocenters. The number of ether oxygens (including phenoxy) is 3. The maximum absolute atomic E-state index is 11.8. The maximum atomic E-state index is 11.8. The first-order chi connectivity index (χ1) is 11.0. The highest BCUT2D eigenvalue weighted by Crippen LogP contribution is 2.33. The van der Waals surface area contributed by atoms with Crippen molar-refractivity contribution in [2.75, 3.05) is 26.4 Å². The molecule has 0 saturated carbocycles. The van der Waals surface area contributed by atoms with E-state index < -0.39 is 29.9 Å². The number of hydrogen-bond donors (Lipinski definition) is 2. The second kappa shape index (κ2) is 9.96. The molecule has 0 spiro atoms. The van der Waals surface area contributed by atoms with Gasteiger partial charge in [-0.15, -0.1) is 0 Å². The SMILES string of the molecule is CC1C=CC(CC(=O)OCCOCCO)C(C(=O)O)C1OC=O. The molecule has 1 rings (SSSR count). The van der Waals surface area contributed by atoms with Crippen LogP contribution < -0.4 is 0 Å². The molecule has 0 amide bonds. The molecule has 4 atom stereocenters. The highest BCUT2D eigenvalue weighted by atomic mass is 16.6. The summed E-state index contributed by atoms with van der Waals surface area (Å²) in [7, 11) is 0. The Kier molecular flexibility index (Phi) is 8.28. The number of carbonyl (C=O) groups is 3. The number of allylic oxidation sites excluding steroid dienone is 1. The van der Waals surface area contributed by atoms with E-state index in [0.717, 1.165) is 0 Å². The first-order valence-corrected chi connectivity index (χ1v) is 7.35. The minimum absolute atomic E-state index is 0.0255. The molecule has 0 fully saturated rings. The molecular weight excluding hydrogens is 308 g/mol. The highest BCUT2D eigenvalue weighted by molar-refractivity contribution is 5.75. The quantitative estimate of drug-likeness (QED) is 0.248. The Hall–Kier alpha value is -1.93. The zero-order valence-corrected chi connectivity index (χ0v) is 12.9. The molecule has 0 saturated heterocycles. The Bertz CT molecular complexity index is 433. The molecule has 8 nitrogen and oxygen atoms in total. The molecule has 2 N–H and O–H groups in total. The number of aliphatic hydroxyl groups excluding tert-OH is 1. The van der Waals surface area contributed by atoms with Crippen molar-refractivity contribution in [1.29, 1.82) is 0 Å². The van der Waals surface area contributed by atoms with Crippen LogP contribution >= 0.6 is 0 Å². The van der Waals surface area contributed by atoms with E-state index in [0.29, 0.717) is 0 Å². The molecule has 0 aromatic carbocycles. The largest absolute Gasteiger partial charge is 0.481 e. The Labute approximate surface area is 134 Å². The number of carboxylic acids is 1. The summed E-state index contributed by atoms with van der Waals surface area (Å²) >= 11 is 0. The summed E-state index contributed by atoms with van der Waals surface area (Å²) in [5.41, 5.74) is 0. The molecule has 130 valence electrons. The van der Waals surface area contributed by atoms with Gasteiger partial charge in [-0.05, 0) is 0 Å². The number of carbonyl (C=O) groups excluding carboxylic acids is 2. The highest BCUT2D eigenvalue weighted by Gasteiger charge is 2.41. The molecule has 0 heterocycles. The molecule has 23 heavy (non-hydrogen) atoms. The van der Waals surface area contributed by atoms with Crippen LogP contribution in [-0.2, 0) is 28.6 Å². The van der Waals surface area contributed by atoms with E-state index in [9.17, 15) is 19.5 Å². The van der Waals surface area contributed by atoms with Gasteiger partial charge < -0.3 is 24.4 Å². The normalized spacial score (nSPS) is 26.5. The van der Waals surface area contributed by atoms with Crippen molar-refractivity contribution in [2.45, 2.75) is 19.4 Å². The third-order valence-electron chi connectivity index (χ3n) is 3.62. The van der Waals surface area contributed by atoms with E-state index in [-0.39, 0.29) is 45.2 Å². The Morgan fingerprint density at radius 1 is 1.22 bits per heavy atom. The van der Waals surface area contributed by atoms with Gasteiger partial charge in [-0.25, -0.2) is 0 Å². The van der Waals surface area contributed by atoms with Crippen molar-refractivity contribution >= 4 is 18.4 Å². The number of rotatable bonds is 10. The van der Waals surface area contributed by atoms with E-state index in [2.05, 4.69) is 0 Å². The van der Waals surface area contributed by atoms with Crippen LogP contribution in [0.15, 0.2) is 12.2 Å². The smallest absolute Gasteiger partial charge is 0.310 e. The summed E-state index contributed by atoms with van der Waals surface area (Å²) in [5.74, 6) is -3.55. The maximum Gasteiger partial charge on any atom is 0.310 e. The lowest BCUT2D eigenvalue weighted by atomic mass is 9.75. The van der Waals surface area contributed by atoms with Crippen LogP contribution in [0.3, 0.4) is 0 Å². The third-order valence-corrected chi connectivity index (χ3v) is 3.62. The predicted octanol–water partition coefficient (Wildman–Crippen LogP) is -0.00690. The third kappa shape index (κ3) is 5.99. The van der Waals surface area contributed by atoms with Crippen LogP contribution in [0.5, 0.6) is 0 Å². The van der Waals surface area contributed by atoms with E-state index in [1.54, 1.807) is 19.1 Å². The fourth-order valence-corrected chi connectivity index (χ4v) is 2.54. The Morgan fingerprint density at radius 2 is 1.96 bits per heavy atom. The van der Waals surface area contributed by atoms with Crippen molar-refractivity contribution in [3.05, 3.63) is 12.2 Å². The average Bonchev–Trinajstić information content (AvgIpc) is 2.50. The lowest BCUT2D eigenvalue weighted by Gasteiger charge is -2.34. The number of aliphatic hydroxyl groups is 1. The van der Waals surface area contributed by atoms with E-state index in [1.807, 2.05) is 0 Å². The molecule has 1 aliphatic rings. The standard InChI is InChI=1S/C15H22O8/c1-10-2-3-11(13(15(19)20)14(10)23-9-17)8-12(18)22-7-6-21-5-4-16/h2-3,9-11,13-14,16H,4-8H2,1H3,(H,19,20). The van der Waals surface area contributed by atoms with Crippen LogP contribution in [0.1, 0.15) is 13.3 Å². The topological polar surface area (TPSA) is 119 Å². The first-order valence-electron chi connectivity index (χ1n) is 7.35. The summed E-state index contributed by atoms with van der Waals surface area (Å²) in [4.78, 5) is 33.9. The van der Waals surface area contributed by atoms with E-state index >= 15 is 0 Å². The summed E-state index contributed by atoms with van der Waals surface area (Å²) in [6.45, 7) is 2.20. The lowest BCUT2D eigenvalue weighted by molar-refractivity contribution is -0.157. The van der Waals surface area contributed by atoms with Gasteiger partial charge in [-0.2, -0.15) is 0 Å². The average molecular weight is 330 g/mol. The van der Waals surface area contributed by atoms with Crippen LogP contribution in [0.2, 0.25) is 0 Å². The summed E-state index contributed by atoms with van der Waals surface area (Å²) in [6, 6.07) is 0. The molecule has 0 bridgehead atoms. The van der Waals surface area contributed by atoms with Gasteiger partial charge in [0.25, 0.3) is 6.47 Å². The second-order valence-corrected chi connectivity index (χ2v) is 5.23.